The summed E-state index contributed by atoms with van der Waals surface area (Å²) in [5.41, 5.74) is 8.21. The van der Waals surface area contributed by atoms with Gasteiger partial charge >= 0.3 is 0 Å². The van der Waals surface area contributed by atoms with Crippen LogP contribution in [0.1, 0.15) is 142 Å². The first kappa shape index (κ1) is 71.1. The van der Waals surface area contributed by atoms with Crippen molar-refractivity contribution in [2.45, 2.75) is 127 Å². The molecule has 12 aliphatic rings. The van der Waals surface area contributed by atoms with Gasteiger partial charge in [0.15, 0.2) is 46.2 Å². The van der Waals surface area contributed by atoms with Crippen molar-refractivity contribution in [3.63, 3.8) is 0 Å². The van der Waals surface area contributed by atoms with E-state index in [1.807, 2.05) is 195 Å². The lowest BCUT2D eigenvalue weighted by atomic mass is 9.70. The normalized spacial score (nSPS) is 27.1. The molecule has 0 saturated carbocycles. The standard InChI is InChI=1S/4C23H24N2O2/c4*26-21(23-13-18-5-1-2-6-22(18)27-23)14-19-17-7-10-25(11-8-17)20(19)12-16-4-3-9-24-15-16/h4*1-6,9,13,15,17,19-20H,7-8,10-12,14H2/t2*19-,20+;2*19-,20-/m1010/s1. The average Bonchev–Trinajstić information content (AvgIpc) is 1.24. The van der Waals surface area contributed by atoms with Crippen LogP contribution < -0.4 is 0 Å². The third-order valence-electron chi connectivity index (χ3n) is 25.7. The summed E-state index contributed by atoms with van der Waals surface area (Å²) in [6.45, 7) is 9.26. The molecule has 0 radical (unpaired) electrons. The Bertz CT molecular complexity index is 4260. The summed E-state index contributed by atoms with van der Waals surface area (Å²) in [7, 11) is 0. The highest BCUT2D eigenvalue weighted by molar-refractivity contribution is 6.00. The van der Waals surface area contributed by atoms with Crippen molar-refractivity contribution in [3.8, 4) is 0 Å². The molecule has 12 aromatic rings. The zero-order chi connectivity index (χ0) is 72.9. The number of hydrogen-bond acceptors (Lipinski definition) is 16. The van der Waals surface area contributed by atoms with E-state index in [1.54, 1.807) is 0 Å². The predicted molar refractivity (Wildman–Crippen MR) is 419 cm³/mol. The third kappa shape index (κ3) is 15.9. The molecule has 12 aliphatic heterocycles. The second-order valence-corrected chi connectivity index (χ2v) is 31.8. The van der Waals surface area contributed by atoms with Crippen molar-refractivity contribution in [1.82, 2.24) is 39.5 Å². The highest BCUT2D eigenvalue weighted by atomic mass is 16.4. The summed E-state index contributed by atoms with van der Waals surface area (Å²) < 4.78 is 23.3. The fraction of sp³-hybridized carbons (Fsp3) is 0.391. The number of furan rings is 4. The number of aromatic nitrogens is 4. The second-order valence-electron chi connectivity index (χ2n) is 31.8. The number of pyridine rings is 4. The lowest BCUT2D eigenvalue weighted by Crippen LogP contribution is -2.56. The van der Waals surface area contributed by atoms with E-state index in [-0.39, 0.29) is 23.1 Å². The predicted octanol–water partition coefficient (Wildman–Crippen LogP) is 17.4. The molecule has 24 rings (SSSR count). The Morgan fingerprint density at radius 1 is 0.287 bits per heavy atom. The first-order chi connectivity index (χ1) is 53.1. The minimum Gasteiger partial charge on any atom is -0.453 e. The maximum Gasteiger partial charge on any atom is 0.198 e. The number of Topliss-reactive ketones (excluding diaryl/α,β-unsaturated/α-hetero) is 4. The van der Waals surface area contributed by atoms with Crippen LogP contribution in [0.25, 0.3) is 43.9 Å². The molecule has 20 heterocycles. The molecule has 12 saturated heterocycles. The summed E-state index contributed by atoms with van der Waals surface area (Å²) in [5.74, 6) is 6.75. The molecular formula is C92H96N8O8. The van der Waals surface area contributed by atoms with Gasteiger partial charge in [0.05, 0.1) is 0 Å². The number of rotatable bonds is 20. The van der Waals surface area contributed by atoms with Gasteiger partial charge in [-0.15, -0.1) is 0 Å². The minimum atomic E-state index is 0.140. The number of para-hydroxylation sites is 4. The van der Waals surface area contributed by atoms with Gasteiger partial charge in [-0.25, -0.2) is 0 Å². The van der Waals surface area contributed by atoms with Crippen LogP contribution in [0.5, 0.6) is 0 Å². The van der Waals surface area contributed by atoms with Crippen LogP contribution in [0.15, 0.2) is 237 Å². The van der Waals surface area contributed by atoms with Gasteiger partial charge in [-0.1, -0.05) is 97.1 Å². The van der Waals surface area contributed by atoms with Crippen LogP contribution in [0.3, 0.4) is 0 Å². The number of ketones is 4. The van der Waals surface area contributed by atoms with E-state index < -0.39 is 0 Å². The summed E-state index contributed by atoms with van der Waals surface area (Å²) in [4.78, 5) is 79.6. The SMILES string of the molecule is O=C(C[C@@H]1C2CCN(CC2)[C@@H]1Cc1cccnc1)c1cc2ccccc2o1.O=C(C[C@@H]1C2CCN(CC2)[C@H]1Cc1cccnc1)c1cc2ccccc2o1.O=C(C[C@H]1C2CCN(CC2)[C@@H]1Cc1cccnc1)c1cc2ccccc2o1.O=C(C[C@H]1C2CCN(CC2)[C@H]1Cc1cccnc1)c1cc2ccccc2o1. The van der Waals surface area contributed by atoms with E-state index in [9.17, 15) is 19.2 Å². The minimum absolute atomic E-state index is 0.140. The Morgan fingerprint density at radius 2 is 0.500 bits per heavy atom. The molecule has 16 nitrogen and oxygen atoms in total. The van der Waals surface area contributed by atoms with Crippen LogP contribution in [-0.4, -0.2) is 139 Å². The van der Waals surface area contributed by atoms with Gasteiger partial charge < -0.3 is 17.7 Å². The van der Waals surface area contributed by atoms with Gasteiger partial charge in [0, 0.05) is 121 Å². The molecule has 8 atom stereocenters. The highest BCUT2D eigenvalue weighted by Gasteiger charge is 2.47. The molecule has 0 aliphatic carbocycles. The molecule has 0 N–H and O–H groups in total. The Kier molecular flexibility index (Phi) is 21.4. The average molecular weight is 1440 g/mol. The topological polar surface area (TPSA) is 185 Å². The summed E-state index contributed by atoms with van der Waals surface area (Å²) >= 11 is 0. The number of benzene rings is 4. The molecular weight excluding hydrogens is 1350 g/mol. The van der Waals surface area contributed by atoms with Crippen LogP contribution in [0.4, 0.5) is 0 Å². The maximum absolute atomic E-state index is 13.0. The van der Waals surface area contributed by atoms with Gasteiger partial charge in [0.1, 0.15) is 22.3 Å². The van der Waals surface area contributed by atoms with Gasteiger partial charge in [-0.3, -0.25) is 58.7 Å². The fourth-order valence-corrected chi connectivity index (χ4v) is 20.2. The Labute approximate surface area is 631 Å². The van der Waals surface area contributed by atoms with E-state index in [0.717, 1.165) is 122 Å². The largest absolute Gasteiger partial charge is 0.453 e. The van der Waals surface area contributed by atoms with Crippen LogP contribution >= 0.6 is 0 Å². The van der Waals surface area contributed by atoms with Crippen molar-refractivity contribution in [2.24, 2.45) is 47.3 Å². The molecule has 552 valence electrons. The van der Waals surface area contributed by atoms with Crippen molar-refractivity contribution in [3.05, 3.63) is 265 Å². The van der Waals surface area contributed by atoms with Crippen molar-refractivity contribution in [2.75, 3.05) is 52.4 Å². The number of carbonyl (C=O) groups excluding carboxylic acids is 4. The molecule has 16 heteroatoms. The van der Waals surface area contributed by atoms with E-state index in [0.29, 0.717) is 120 Å². The molecule has 12 fully saturated rings. The molecule has 0 amide bonds. The molecule has 8 aromatic heterocycles. The monoisotopic (exact) mass is 1440 g/mol. The number of fused-ring (bicyclic) bond motifs is 16. The third-order valence-corrected chi connectivity index (χ3v) is 25.7. The van der Waals surface area contributed by atoms with Gasteiger partial charge in [0.2, 0.25) is 0 Å². The Hall–Kier alpha value is -9.84. The molecule has 108 heavy (non-hydrogen) atoms. The highest BCUT2D eigenvalue weighted by Crippen LogP contribution is 2.46. The number of piperidine rings is 12. The first-order valence-electron chi connectivity index (χ1n) is 39.7. The van der Waals surface area contributed by atoms with E-state index in [2.05, 4.69) is 63.8 Å². The maximum atomic E-state index is 13.0. The van der Waals surface area contributed by atoms with E-state index in [1.165, 1.54) is 73.6 Å². The van der Waals surface area contributed by atoms with Crippen LogP contribution in [0.2, 0.25) is 0 Å². The summed E-state index contributed by atoms with van der Waals surface area (Å²) in [6, 6.07) is 57.2. The molecule has 0 unspecified atom stereocenters. The number of hydrogen-bond donors (Lipinski definition) is 0. The lowest BCUT2D eigenvalue weighted by Gasteiger charge is -2.51. The molecule has 8 bridgehead atoms. The smallest absolute Gasteiger partial charge is 0.198 e. The Balaban J connectivity index is 0.000000105. The summed E-state index contributed by atoms with van der Waals surface area (Å²) in [6.07, 6.45) is 31.0. The zero-order valence-corrected chi connectivity index (χ0v) is 61.5. The quantitative estimate of drug-likeness (QED) is 0.0656. The van der Waals surface area contributed by atoms with Crippen LogP contribution in [-0.2, 0) is 25.7 Å². The van der Waals surface area contributed by atoms with Gasteiger partial charge in [-0.05, 0) is 272 Å². The van der Waals surface area contributed by atoms with Crippen molar-refractivity contribution >= 4 is 67.0 Å². The van der Waals surface area contributed by atoms with E-state index in [4.69, 9.17) is 17.7 Å². The lowest BCUT2D eigenvalue weighted by molar-refractivity contribution is -0.0115. The first-order valence-corrected chi connectivity index (χ1v) is 39.7. The number of nitrogens with zero attached hydrogens (tertiary/aromatic N) is 8. The van der Waals surface area contributed by atoms with Gasteiger partial charge in [-0.2, -0.15) is 0 Å². The molecule has 4 aromatic carbocycles. The van der Waals surface area contributed by atoms with Crippen LogP contribution in [0, 0.1) is 47.3 Å². The Morgan fingerprint density at radius 3 is 0.694 bits per heavy atom. The second kappa shape index (κ2) is 32.5. The number of carbonyl (C=O) groups is 4. The molecule has 0 spiro atoms. The van der Waals surface area contributed by atoms with Gasteiger partial charge in [0.25, 0.3) is 0 Å². The van der Waals surface area contributed by atoms with Crippen molar-refractivity contribution < 1.29 is 36.8 Å². The summed E-state index contributed by atoms with van der Waals surface area (Å²) in [5, 5.41) is 4.01. The fourth-order valence-electron chi connectivity index (χ4n) is 20.2. The van der Waals surface area contributed by atoms with Crippen molar-refractivity contribution in [1.29, 1.82) is 0 Å². The zero-order valence-electron chi connectivity index (χ0n) is 61.5. The van der Waals surface area contributed by atoms with E-state index >= 15 is 0 Å².